The second-order valence-corrected chi connectivity index (χ2v) is 9.24. The summed E-state index contributed by atoms with van der Waals surface area (Å²) in [6, 6.07) is 12.1. The average molecular weight is 502 g/mol. The molecule has 3 rings (SSSR count). The van der Waals surface area contributed by atoms with Gasteiger partial charge < -0.3 is 19.4 Å². The average Bonchev–Trinajstić information content (AvgIpc) is 3.10. The summed E-state index contributed by atoms with van der Waals surface area (Å²) in [6.45, 7) is 3.31. The van der Waals surface area contributed by atoms with Crippen LogP contribution in [-0.4, -0.2) is 73.7 Å². The van der Waals surface area contributed by atoms with Gasteiger partial charge in [0.15, 0.2) is 0 Å². The standard InChI is InChI=1S/C24H28ClN5O3S/c1-28(17-34-16-23(32)33-2)22(31)14-18-4-6-19(7-5-18)29-10-3-11-30(13-12-29)21-8-9-27-24(25)20(21)15-26/h4-9H,3,10-14,16-17H2,1-2H3. The summed E-state index contributed by atoms with van der Waals surface area (Å²) in [6.07, 6.45) is 2.89. The van der Waals surface area contributed by atoms with Gasteiger partial charge in [-0.25, -0.2) is 4.98 Å². The minimum Gasteiger partial charge on any atom is -0.468 e. The van der Waals surface area contributed by atoms with Crippen molar-refractivity contribution in [1.82, 2.24) is 9.88 Å². The number of carbonyl (C=O) groups excluding carboxylic acids is 2. The molecule has 0 N–H and O–H groups in total. The first-order chi connectivity index (χ1) is 16.4. The van der Waals surface area contributed by atoms with E-state index >= 15 is 0 Å². The Kier molecular flexibility index (Phi) is 9.42. The number of pyridine rings is 1. The van der Waals surface area contributed by atoms with E-state index < -0.39 is 0 Å². The van der Waals surface area contributed by atoms with Crippen LogP contribution in [-0.2, 0) is 20.7 Å². The number of hydrogen-bond acceptors (Lipinski definition) is 8. The number of nitrogens with zero attached hydrogens (tertiary/aromatic N) is 5. The summed E-state index contributed by atoms with van der Waals surface area (Å²) in [4.78, 5) is 33.8. The van der Waals surface area contributed by atoms with Crippen molar-refractivity contribution in [3.8, 4) is 6.07 Å². The molecule has 2 aromatic rings. The number of carbonyl (C=O) groups is 2. The lowest BCUT2D eigenvalue weighted by Gasteiger charge is -2.25. The number of anilines is 2. The lowest BCUT2D eigenvalue weighted by Crippen LogP contribution is -2.31. The summed E-state index contributed by atoms with van der Waals surface area (Å²) in [5.41, 5.74) is 3.29. The van der Waals surface area contributed by atoms with Crippen molar-refractivity contribution in [3.05, 3.63) is 52.8 Å². The number of halogens is 1. The van der Waals surface area contributed by atoms with Gasteiger partial charge in [-0.15, -0.1) is 11.8 Å². The molecule has 10 heteroatoms. The van der Waals surface area contributed by atoms with E-state index in [1.807, 2.05) is 30.3 Å². The van der Waals surface area contributed by atoms with Crippen LogP contribution in [0.1, 0.15) is 17.5 Å². The molecule has 1 amide bonds. The van der Waals surface area contributed by atoms with Gasteiger partial charge in [0.1, 0.15) is 16.8 Å². The quantitative estimate of drug-likeness (QED) is 0.309. The first-order valence-electron chi connectivity index (χ1n) is 10.9. The predicted molar refractivity (Wildman–Crippen MR) is 135 cm³/mol. The molecule has 0 aliphatic carbocycles. The third-order valence-corrected chi connectivity index (χ3v) is 6.94. The Bertz CT molecular complexity index is 1040. The number of likely N-dealkylation sites (N-methyl/N-ethyl adjacent to an activating group) is 1. The molecule has 0 radical (unpaired) electrons. The second kappa shape index (κ2) is 12.5. The number of methoxy groups -OCH3 is 1. The van der Waals surface area contributed by atoms with Gasteiger partial charge in [0.25, 0.3) is 0 Å². The summed E-state index contributed by atoms with van der Waals surface area (Å²) >= 11 is 7.46. The number of rotatable bonds is 8. The zero-order chi connectivity index (χ0) is 24.5. The van der Waals surface area contributed by atoms with E-state index in [0.717, 1.165) is 49.5 Å². The Morgan fingerprint density at radius 1 is 1.18 bits per heavy atom. The maximum atomic E-state index is 12.5. The molecule has 1 aliphatic rings. The Labute approximate surface area is 209 Å². The van der Waals surface area contributed by atoms with Crippen LogP contribution in [0.25, 0.3) is 0 Å². The van der Waals surface area contributed by atoms with E-state index in [2.05, 4.69) is 25.6 Å². The fraction of sp³-hybridized carbons (Fsp3) is 0.417. The second-order valence-electron chi connectivity index (χ2n) is 7.92. The molecular weight excluding hydrogens is 474 g/mol. The first-order valence-corrected chi connectivity index (χ1v) is 12.5. The molecule has 1 saturated heterocycles. The molecule has 0 saturated carbocycles. The van der Waals surface area contributed by atoms with Gasteiger partial charge >= 0.3 is 5.97 Å². The van der Waals surface area contributed by atoms with Crippen LogP contribution in [0.15, 0.2) is 36.5 Å². The summed E-state index contributed by atoms with van der Waals surface area (Å²) in [5, 5.41) is 9.70. The van der Waals surface area contributed by atoms with Crippen LogP contribution in [0.2, 0.25) is 5.15 Å². The molecule has 0 spiro atoms. The highest BCUT2D eigenvalue weighted by Gasteiger charge is 2.19. The third kappa shape index (κ3) is 6.78. The first kappa shape index (κ1) is 25.7. The van der Waals surface area contributed by atoms with E-state index in [4.69, 9.17) is 11.6 Å². The Hall–Kier alpha value is -2.96. The van der Waals surface area contributed by atoms with Crippen LogP contribution in [0.3, 0.4) is 0 Å². The number of nitriles is 1. The number of thioether (sulfide) groups is 1. The van der Waals surface area contributed by atoms with Crippen molar-refractivity contribution < 1.29 is 14.3 Å². The van der Waals surface area contributed by atoms with Crippen molar-refractivity contribution in [2.45, 2.75) is 12.8 Å². The number of benzene rings is 1. The smallest absolute Gasteiger partial charge is 0.315 e. The monoisotopic (exact) mass is 501 g/mol. The number of esters is 1. The molecule has 180 valence electrons. The molecule has 0 bridgehead atoms. The van der Waals surface area contributed by atoms with E-state index in [9.17, 15) is 14.9 Å². The van der Waals surface area contributed by atoms with Crippen molar-refractivity contribution in [1.29, 1.82) is 5.26 Å². The topological polar surface area (TPSA) is 89.8 Å². The zero-order valence-electron chi connectivity index (χ0n) is 19.4. The van der Waals surface area contributed by atoms with E-state index in [0.29, 0.717) is 17.9 Å². The van der Waals surface area contributed by atoms with Crippen LogP contribution in [0, 0.1) is 11.3 Å². The Morgan fingerprint density at radius 3 is 2.59 bits per heavy atom. The van der Waals surface area contributed by atoms with Gasteiger partial charge in [0.2, 0.25) is 5.91 Å². The minimum absolute atomic E-state index is 0.000149. The SMILES string of the molecule is COC(=O)CSCN(C)C(=O)Cc1ccc(N2CCCN(c3ccnc(Cl)c3C#N)CC2)cc1. The predicted octanol–water partition coefficient (Wildman–Crippen LogP) is 3.19. The Balaban J connectivity index is 1.55. The maximum Gasteiger partial charge on any atom is 0.315 e. The lowest BCUT2D eigenvalue weighted by molar-refractivity contribution is -0.137. The van der Waals surface area contributed by atoms with Crippen LogP contribution < -0.4 is 9.80 Å². The highest BCUT2D eigenvalue weighted by atomic mass is 35.5. The molecule has 1 aromatic carbocycles. The maximum absolute atomic E-state index is 12.5. The van der Waals surface area contributed by atoms with Gasteiger partial charge in [-0.2, -0.15) is 5.26 Å². The van der Waals surface area contributed by atoms with Gasteiger partial charge in [-0.05, 0) is 30.2 Å². The van der Waals surface area contributed by atoms with E-state index in [-0.39, 0.29) is 22.8 Å². The highest BCUT2D eigenvalue weighted by molar-refractivity contribution is 7.99. The Morgan fingerprint density at radius 2 is 1.88 bits per heavy atom. The lowest BCUT2D eigenvalue weighted by atomic mass is 10.1. The molecule has 0 atom stereocenters. The molecule has 2 heterocycles. The number of amides is 1. The summed E-state index contributed by atoms with van der Waals surface area (Å²) in [5.74, 6) is 0.363. The van der Waals surface area contributed by atoms with Crippen molar-refractivity contribution in [2.24, 2.45) is 0 Å². The normalized spacial score (nSPS) is 13.7. The zero-order valence-corrected chi connectivity index (χ0v) is 20.9. The fourth-order valence-electron chi connectivity index (χ4n) is 3.74. The molecule has 34 heavy (non-hydrogen) atoms. The largest absolute Gasteiger partial charge is 0.468 e. The highest BCUT2D eigenvalue weighted by Crippen LogP contribution is 2.27. The molecular formula is C24H28ClN5O3S. The number of aromatic nitrogens is 1. The van der Waals surface area contributed by atoms with E-state index in [1.54, 1.807) is 18.1 Å². The van der Waals surface area contributed by atoms with E-state index in [1.165, 1.54) is 18.9 Å². The van der Waals surface area contributed by atoms with Gasteiger partial charge in [-0.3, -0.25) is 9.59 Å². The summed E-state index contributed by atoms with van der Waals surface area (Å²) in [7, 11) is 3.09. The molecule has 1 fully saturated rings. The third-order valence-electron chi connectivity index (χ3n) is 5.65. The molecule has 1 aliphatic heterocycles. The van der Waals surface area contributed by atoms with Gasteiger partial charge in [0, 0.05) is 45.1 Å². The van der Waals surface area contributed by atoms with Crippen molar-refractivity contribution in [2.75, 3.05) is 61.8 Å². The van der Waals surface area contributed by atoms with Crippen LogP contribution in [0.4, 0.5) is 11.4 Å². The minimum atomic E-state index is -0.298. The van der Waals surface area contributed by atoms with Gasteiger partial charge in [-0.1, -0.05) is 23.7 Å². The van der Waals surface area contributed by atoms with Crippen LogP contribution >= 0.6 is 23.4 Å². The number of hydrogen-bond donors (Lipinski definition) is 0. The molecule has 8 nitrogen and oxygen atoms in total. The molecule has 0 unspecified atom stereocenters. The van der Waals surface area contributed by atoms with Crippen LogP contribution in [0.5, 0.6) is 0 Å². The number of ether oxygens (including phenoxy) is 1. The summed E-state index contributed by atoms with van der Waals surface area (Å²) < 4.78 is 4.61. The molecule has 1 aromatic heterocycles. The fourth-order valence-corrected chi connectivity index (χ4v) is 4.73. The van der Waals surface area contributed by atoms with Gasteiger partial charge in [0.05, 0.1) is 30.8 Å². The van der Waals surface area contributed by atoms with Crippen molar-refractivity contribution >= 4 is 46.6 Å². The van der Waals surface area contributed by atoms with Crippen molar-refractivity contribution in [3.63, 3.8) is 0 Å².